The standard InChI is InChI=1S/C17H29N3OS.HI/c1-14(2)21-16-9-7-15(8-10-16)13-20-17(18-3)19-11-5-6-12-22-4;/h7-10,14H,5-6,11-13H2,1-4H3,(H2,18,19,20);1H. The Kier molecular flexibility index (Phi) is 13.4. The van der Waals surface area contributed by atoms with Gasteiger partial charge in [-0.15, -0.1) is 24.0 Å². The lowest BCUT2D eigenvalue weighted by atomic mass is 10.2. The minimum atomic E-state index is 0. The second kappa shape index (κ2) is 13.8. The van der Waals surface area contributed by atoms with Gasteiger partial charge in [-0.05, 0) is 56.4 Å². The van der Waals surface area contributed by atoms with Gasteiger partial charge in [-0.3, -0.25) is 4.99 Å². The number of benzene rings is 1. The predicted octanol–water partition coefficient (Wildman–Crippen LogP) is 3.90. The van der Waals surface area contributed by atoms with Gasteiger partial charge >= 0.3 is 0 Å². The van der Waals surface area contributed by atoms with E-state index in [1.807, 2.05) is 37.7 Å². The van der Waals surface area contributed by atoms with E-state index in [0.29, 0.717) is 0 Å². The topological polar surface area (TPSA) is 45.7 Å². The average Bonchev–Trinajstić information content (AvgIpc) is 2.51. The second-order valence-electron chi connectivity index (χ2n) is 5.36. The van der Waals surface area contributed by atoms with Crippen LogP contribution in [0.25, 0.3) is 0 Å². The Morgan fingerprint density at radius 1 is 1.17 bits per heavy atom. The Labute approximate surface area is 162 Å². The van der Waals surface area contributed by atoms with E-state index in [1.54, 1.807) is 7.05 Å². The van der Waals surface area contributed by atoms with E-state index in [1.165, 1.54) is 24.2 Å². The van der Waals surface area contributed by atoms with E-state index < -0.39 is 0 Å². The van der Waals surface area contributed by atoms with Gasteiger partial charge in [0.25, 0.3) is 0 Å². The largest absolute Gasteiger partial charge is 0.491 e. The maximum atomic E-state index is 5.64. The van der Waals surface area contributed by atoms with Crippen molar-refractivity contribution in [2.24, 2.45) is 4.99 Å². The number of halogens is 1. The van der Waals surface area contributed by atoms with Crippen LogP contribution < -0.4 is 15.4 Å². The second-order valence-corrected chi connectivity index (χ2v) is 6.35. The Hall–Kier alpha value is -0.630. The molecule has 132 valence electrons. The van der Waals surface area contributed by atoms with Gasteiger partial charge in [0.1, 0.15) is 5.75 Å². The quantitative estimate of drug-likeness (QED) is 0.259. The van der Waals surface area contributed by atoms with E-state index in [0.717, 1.165) is 24.8 Å². The summed E-state index contributed by atoms with van der Waals surface area (Å²) in [7, 11) is 1.80. The van der Waals surface area contributed by atoms with Crippen molar-refractivity contribution in [2.75, 3.05) is 25.6 Å². The maximum absolute atomic E-state index is 5.64. The van der Waals surface area contributed by atoms with Crippen LogP contribution in [-0.4, -0.2) is 37.7 Å². The predicted molar refractivity (Wildman–Crippen MR) is 113 cm³/mol. The average molecular weight is 451 g/mol. The number of guanidine groups is 1. The van der Waals surface area contributed by atoms with Crippen molar-refractivity contribution in [1.29, 1.82) is 0 Å². The van der Waals surface area contributed by atoms with Gasteiger partial charge in [0, 0.05) is 20.1 Å². The number of aliphatic imine (C=N–C) groups is 1. The highest BCUT2D eigenvalue weighted by Crippen LogP contribution is 2.13. The Balaban J connectivity index is 0.00000484. The van der Waals surface area contributed by atoms with Crippen LogP contribution in [0.4, 0.5) is 0 Å². The number of hydrogen-bond acceptors (Lipinski definition) is 3. The summed E-state index contributed by atoms with van der Waals surface area (Å²) in [5, 5.41) is 6.67. The SMILES string of the molecule is CN=C(NCCCCSC)NCc1ccc(OC(C)C)cc1.I. The van der Waals surface area contributed by atoms with E-state index in [4.69, 9.17) is 4.74 Å². The first-order valence-electron chi connectivity index (χ1n) is 7.84. The lowest BCUT2D eigenvalue weighted by Gasteiger charge is -2.13. The van der Waals surface area contributed by atoms with Crippen molar-refractivity contribution in [2.45, 2.75) is 39.3 Å². The van der Waals surface area contributed by atoms with Crippen molar-refractivity contribution < 1.29 is 4.74 Å². The van der Waals surface area contributed by atoms with Gasteiger partial charge in [-0.2, -0.15) is 11.8 Å². The first kappa shape index (κ1) is 22.4. The number of thioether (sulfide) groups is 1. The highest BCUT2D eigenvalue weighted by molar-refractivity contribution is 14.0. The molecule has 0 saturated heterocycles. The van der Waals surface area contributed by atoms with Crippen LogP contribution in [0.3, 0.4) is 0 Å². The molecule has 0 aliphatic carbocycles. The van der Waals surface area contributed by atoms with Crippen molar-refractivity contribution in [3.05, 3.63) is 29.8 Å². The molecule has 2 N–H and O–H groups in total. The maximum Gasteiger partial charge on any atom is 0.191 e. The zero-order valence-corrected chi connectivity index (χ0v) is 17.7. The van der Waals surface area contributed by atoms with Crippen LogP contribution in [-0.2, 0) is 6.54 Å². The molecule has 0 radical (unpaired) electrons. The summed E-state index contributed by atoms with van der Waals surface area (Å²) in [6.07, 6.45) is 4.76. The van der Waals surface area contributed by atoms with Crippen LogP contribution in [0.5, 0.6) is 5.75 Å². The molecule has 4 nitrogen and oxygen atoms in total. The molecular formula is C17H30IN3OS. The normalized spacial score (nSPS) is 11.1. The molecule has 0 bridgehead atoms. The smallest absolute Gasteiger partial charge is 0.191 e. The van der Waals surface area contributed by atoms with Crippen LogP contribution in [0.2, 0.25) is 0 Å². The van der Waals surface area contributed by atoms with Gasteiger partial charge < -0.3 is 15.4 Å². The Morgan fingerprint density at radius 2 is 1.87 bits per heavy atom. The van der Waals surface area contributed by atoms with Gasteiger partial charge in [0.2, 0.25) is 0 Å². The number of nitrogens with one attached hydrogen (secondary N) is 2. The minimum Gasteiger partial charge on any atom is -0.491 e. The van der Waals surface area contributed by atoms with Gasteiger partial charge in [0.05, 0.1) is 6.10 Å². The fourth-order valence-corrected chi connectivity index (χ4v) is 2.44. The number of rotatable bonds is 9. The Morgan fingerprint density at radius 3 is 2.43 bits per heavy atom. The van der Waals surface area contributed by atoms with E-state index in [-0.39, 0.29) is 30.1 Å². The summed E-state index contributed by atoms with van der Waals surface area (Å²) in [5.41, 5.74) is 1.21. The molecule has 0 aromatic heterocycles. The lowest BCUT2D eigenvalue weighted by molar-refractivity contribution is 0.242. The molecule has 1 aromatic rings. The van der Waals surface area contributed by atoms with E-state index in [9.17, 15) is 0 Å². The van der Waals surface area contributed by atoms with E-state index >= 15 is 0 Å². The molecule has 1 aromatic carbocycles. The fraction of sp³-hybridized carbons (Fsp3) is 0.588. The van der Waals surface area contributed by atoms with Gasteiger partial charge in [-0.1, -0.05) is 12.1 Å². The van der Waals surface area contributed by atoms with Crippen LogP contribution in [0.15, 0.2) is 29.3 Å². The van der Waals surface area contributed by atoms with Crippen molar-refractivity contribution in [3.8, 4) is 5.75 Å². The summed E-state index contributed by atoms with van der Waals surface area (Å²) < 4.78 is 5.64. The third kappa shape index (κ3) is 10.7. The zero-order valence-electron chi connectivity index (χ0n) is 14.6. The monoisotopic (exact) mass is 451 g/mol. The summed E-state index contributed by atoms with van der Waals surface area (Å²) in [5.74, 6) is 2.99. The highest BCUT2D eigenvalue weighted by Gasteiger charge is 2.00. The molecule has 23 heavy (non-hydrogen) atoms. The fourth-order valence-electron chi connectivity index (χ4n) is 1.94. The van der Waals surface area contributed by atoms with Crippen LogP contribution >= 0.6 is 35.7 Å². The number of nitrogens with zero attached hydrogens (tertiary/aromatic N) is 1. The number of hydrogen-bond donors (Lipinski definition) is 2. The molecule has 0 aliphatic rings. The summed E-state index contributed by atoms with van der Waals surface area (Å²) in [6, 6.07) is 8.18. The molecule has 0 aliphatic heterocycles. The zero-order chi connectivity index (χ0) is 16.2. The molecule has 0 atom stereocenters. The summed E-state index contributed by atoms with van der Waals surface area (Å²) in [6.45, 7) is 5.78. The van der Waals surface area contributed by atoms with Crippen molar-refractivity contribution in [1.82, 2.24) is 10.6 Å². The number of unbranched alkanes of at least 4 members (excludes halogenated alkanes) is 1. The molecule has 0 amide bonds. The molecule has 0 heterocycles. The molecule has 6 heteroatoms. The molecular weight excluding hydrogens is 421 g/mol. The lowest BCUT2D eigenvalue weighted by Crippen LogP contribution is -2.37. The highest BCUT2D eigenvalue weighted by atomic mass is 127. The number of ether oxygens (including phenoxy) is 1. The Bertz CT molecular complexity index is 438. The minimum absolute atomic E-state index is 0. The van der Waals surface area contributed by atoms with Crippen LogP contribution in [0, 0.1) is 0 Å². The molecule has 0 unspecified atom stereocenters. The van der Waals surface area contributed by atoms with E-state index in [2.05, 4.69) is 34.0 Å². The third-order valence-electron chi connectivity index (χ3n) is 3.05. The molecule has 1 rings (SSSR count). The van der Waals surface area contributed by atoms with Crippen LogP contribution in [0.1, 0.15) is 32.3 Å². The van der Waals surface area contributed by atoms with Gasteiger partial charge in [-0.25, -0.2) is 0 Å². The summed E-state index contributed by atoms with van der Waals surface area (Å²) in [4.78, 5) is 4.24. The first-order chi connectivity index (χ1) is 10.7. The molecule has 0 fully saturated rings. The first-order valence-corrected chi connectivity index (χ1v) is 9.24. The third-order valence-corrected chi connectivity index (χ3v) is 3.74. The van der Waals surface area contributed by atoms with Crippen molar-refractivity contribution in [3.63, 3.8) is 0 Å². The van der Waals surface area contributed by atoms with Gasteiger partial charge in [0.15, 0.2) is 5.96 Å². The van der Waals surface area contributed by atoms with Crippen molar-refractivity contribution >= 4 is 41.7 Å². The molecule has 0 saturated carbocycles. The summed E-state index contributed by atoms with van der Waals surface area (Å²) >= 11 is 1.89. The molecule has 0 spiro atoms.